The number of ether oxygens (including phenoxy) is 1. The highest BCUT2D eigenvalue weighted by Gasteiger charge is 2.21. The number of nitrogens with zero attached hydrogens (tertiary/aromatic N) is 3. The normalized spacial score (nSPS) is 11.6. The topological polar surface area (TPSA) is 98.1 Å². The summed E-state index contributed by atoms with van der Waals surface area (Å²) in [6, 6.07) is 13.7. The highest BCUT2D eigenvalue weighted by atomic mass is 35.5. The van der Waals surface area contributed by atoms with Crippen molar-refractivity contribution in [2.75, 3.05) is 17.7 Å². The second-order valence-corrected chi connectivity index (χ2v) is 8.40. The van der Waals surface area contributed by atoms with Crippen molar-refractivity contribution in [3.63, 3.8) is 0 Å². The largest absolute Gasteiger partial charge is 0.494 e. The summed E-state index contributed by atoms with van der Waals surface area (Å²) in [6.07, 6.45) is 0. The lowest BCUT2D eigenvalue weighted by molar-refractivity contribution is -0.113. The van der Waals surface area contributed by atoms with Gasteiger partial charge in [0.05, 0.1) is 29.0 Å². The fourth-order valence-electron chi connectivity index (χ4n) is 3.14. The number of hydrogen-bond acceptors (Lipinski definition) is 6. The summed E-state index contributed by atoms with van der Waals surface area (Å²) in [5, 5.41) is 15.2. The first kappa shape index (κ1) is 24.6. The molecule has 1 unspecified atom stereocenters. The maximum atomic E-state index is 12.6. The third-order valence-corrected chi connectivity index (χ3v) is 5.99. The molecule has 0 fully saturated rings. The molecule has 1 atom stereocenters. The quantitative estimate of drug-likeness (QED) is 0.406. The Hall–Kier alpha value is -3.04. The van der Waals surface area contributed by atoms with Crippen LogP contribution in [-0.2, 0) is 11.3 Å². The number of hydrogen-bond donors (Lipinski definition) is 2. The molecule has 0 radical (unpaired) electrons. The monoisotopic (exact) mass is 487 g/mol. The van der Waals surface area contributed by atoms with Gasteiger partial charge >= 0.3 is 0 Å². The van der Waals surface area contributed by atoms with Gasteiger partial charge in [-0.25, -0.2) is 0 Å². The molecule has 10 heteroatoms. The predicted molar refractivity (Wildman–Crippen MR) is 130 cm³/mol. The van der Waals surface area contributed by atoms with Crippen molar-refractivity contribution in [1.29, 1.82) is 0 Å². The number of amides is 2. The van der Waals surface area contributed by atoms with E-state index in [0.29, 0.717) is 40.4 Å². The fourth-order valence-corrected chi connectivity index (χ4v) is 4.17. The van der Waals surface area contributed by atoms with Crippen LogP contribution in [0, 0.1) is 0 Å². The first-order chi connectivity index (χ1) is 15.9. The van der Waals surface area contributed by atoms with Crippen LogP contribution in [0.15, 0.2) is 53.7 Å². The van der Waals surface area contributed by atoms with E-state index in [9.17, 15) is 9.59 Å². The molecule has 2 amide bonds. The van der Waals surface area contributed by atoms with E-state index in [0.717, 1.165) is 5.75 Å². The van der Waals surface area contributed by atoms with Crippen LogP contribution < -0.4 is 15.4 Å². The fraction of sp³-hybridized carbons (Fsp3) is 0.304. The molecule has 174 valence electrons. The summed E-state index contributed by atoms with van der Waals surface area (Å²) in [5.41, 5.74) is 1.09. The van der Waals surface area contributed by atoms with Crippen molar-refractivity contribution in [2.24, 2.45) is 0 Å². The van der Waals surface area contributed by atoms with Gasteiger partial charge < -0.3 is 19.9 Å². The molecule has 0 aliphatic rings. The number of thioether (sulfide) groups is 1. The van der Waals surface area contributed by atoms with Gasteiger partial charge in [-0.1, -0.05) is 35.5 Å². The minimum absolute atomic E-state index is 0.156. The van der Waals surface area contributed by atoms with E-state index in [1.54, 1.807) is 36.4 Å². The lowest BCUT2D eigenvalue weighted by Gasteiger charge is -2.15. The van der Waals surface area contributed by atoms with Crippen molar-refractivity contribution in [3.8, 4) is 5.75 Å². The summed E-state index contributed by atoms with van der Waals surface area (Å²) in [7, 11) is 0. The molecule has 33 heavy (non-hydrogen) atoms. The van der Waals surface area contributed by atoms with Crippen molar-refractivity contribution in [1.82, 2.24) is 20.1 Å². The number of benzene rings is 2. The molecular formula is C23H26ClN5O3S. The molecule has 0 aliphatic carbocycles. The molecular weight excluding hydrogens is 462 g/mol. The van der Waals surface area contributed by atoms with Crippen LogP contribution in [0.25, 0.3) is 0 Å². The van der Waals surface area contributed by atoms with Crippen LogP contribution >= 0.6 is 23.4 Å². The van der Waals surface area contributed by atoms with Gasteiger partial charge in [0.25, 0.3) is 5.91 Å². The minimum Gasteiger partial charge on any atom is -0.494 e. The Morgan fingerprint density at radius 3 is 2.52 bits per heavy atom. The number of halogens is 1. The van der Waals surface area contributed by atoms with E-state index >= 15 is 0 Å². The van der Waals surface area contributed by atoms with Crippen molar-refractivity contribution in [2.45, 2.75) is 38.5 Å². The number of rotatable bonds is 10. The van der Waals surface area contributed by atoms with E-state index in [1.165, 1.54) is 11.8 Å². The first-order valence-corrected chi connectivity index (χ1v) is 11.9. The van der Waals surface area contributed by atoms with Crippen molar-refractivity contribution >= 4 is 40.9 Å². The number of anilines is 1. The predicted octanol–water partition coefficient (Wildman–Crippen LogP) is 4.57. The number of carbonyl (C=O) groups is 2. The zero-order valence-corrected chi connectivity index (χ0v) is 20.2. The van der Waals surface area contributed by atoms with Crippen LogP contribution in [0.2, 0.25) is 5.02 Å². The summed E-state index contributed by atoms with van der Waals surface area (Å²) in [6.45, 7) is 6.89. The molecule has 8 nitrogen and oxygen atoms in total. The Bertz CT molecular complexity index is 1100. The van der Waals surface area contributed by atoms with Gasteiger partial charge in [0.2, 0.25) is 5.91 Å². The van der Waals surface area contributed by atoms with E-state index in [-0.39, 0.29) is 17.6 Å². The average Bonchev–Trinajstić information content (AvgIpc) is 3.22. The van der Waals surface area contributed by atoms with Gasteiger partial charge in [-0.2, -0.15) is 0 Å². The Labute approximate surface area is 202 Å². The molecule has 0 bridgehead atoms. The van der Waals surface area contributed by atoms with Crippen molar-refractivity contribution in [3.05, 3.63) is 64.9 Å². The summed E-state index contributed by atoms with van der Waals surface area (Å²) in [5.74, 6) is 1.08. The molecule has 0 saturated heterocycles. The standard InChI is InChI=1S/C23H26ClN5O3S/c1-4-29-21(15(3)25-22(31)18-8-6-7-9-19(18)24)27-28-23(29)33-14-20(30)26-16-10-12-17(13-11-16)32-5-2/h6-13,15H,4-5,14H2,1-3H3,(H,25,31)(H,26,30). The van der Waals surface area contributed by atoms with Crippen LogP contribution in [0.4, 0.5) is 5.69 Å². The molecule has 1 heterocycles. The maximum Gasteiger partial charge on any atom is 0.253 e. The average molecular weight is 488 g/mol. The van der Waals surface area contributed by atoms with Crippen LogP contribution in [-0.4, -0.2) is 38.9 Å². The second kappa shape index (κ2) is 11.7. The molecule has 0 saturated carbocycles. The Morgan fingerprint density at radius 1 is 1.12 bits per heavy atom. The van der Waals surface area contributed by atoms with E-state index in [4.69, 9.17) is 16.3 Å². The summed E-state index contributed by atoms with van der Waals surface area (Å²) < 4.78 is 7.29. The van der Waals surface area contributed by atoms with Gasteiger partial charge in [-0.05, 0) is 57.2 Å². The lowest BCUT2D eigenvalue weighted by Crippen LogP contribution is -2.29. The van der Waals surface area contributed by atoms with Gasteiger partial charge in [0, 0.05) is 12.2 Å². The molecule has 2 N–H and O–H groups in total. The zero-order valence-electron chi connectivity index (χ0n) is 18.7. The Kier molecular flexibility index (Phi) is 8.73. The first-order valence-electron chi connectivity index (χ1n) is 10.6. The van der Waals surface area contributed by atoms with Gasteiger partial charge in [0.1, 0.15) is 5.75 Å². The third-order valence-electron chi connectivity index (χ3n) is 4.70. The highest BCUT2D eigenvalue weighted by molar-refractivity contribution is 7.99. The molecule has 0 spiro atoms. The minimum atomic E-state index is -0.395. The lowest BCUT2D eigenvalue weighted by atomic mass is 10.2. The molecule has 1 aromatic heterocycles. The van der Waals surface area contributed by atoms with Gasteiger partial charge in [-0.3, -0.25) is 9.59 Å². The molecule has 0 aliphatic heterocycles. The van der Waals surface area contributed by atoms with Gasteiger partial charge in [-0.15, -0.1) is 10.2 Å². The summed E-state index contributed by atoms with van der Waals surface area (Å²) in [4.78, 5) is 25.0. The smallest absolute Gasteiger partial charge is 0.253 e. The molecule has 2 aromatic carbocycles. The second-order valence-electron chi connectivity index (χ2n) is 7.05. The van der Waals surface area contributed by atoms with E-state index in [2.05, 4.69) is 20.8 Å². The Morgan fingerprint density at radius 2 is 1.85 bits per heavy atom. The third kappa shape index (κ3) is 6.49. The van der Waals surface area contributed by atoms with Crippen LogP contribution in [0.5, 0.6) is 5.75 Å². The van der Waals surface area contributed by atoms with Crippen LogP contribution in [0.3, 0.4) is 0 Å². The Balaban J connectivity index is 1.59. The maximum absolute atomic E-state index is 12.6. The summed E-state index contributed by atoms with van der Waals surface area (Å²) >= 11 is 7.41. The van der Waals surface area contributed by atoms with E-state index < -0.39 is 6.04 Å². The SMILES string of the molecule is CCOc1ccc(NC(=O)CSc2nnc(C(C)NC(=O)c3ccccc3Cl)n2CC)cc1. The molecule has 3 aromatic rings. The van der Waals surface area contributed by atoms with Gasteiger partial charge in [0.15, 0.2) is 11.0 Å². The van der Waals surface area contributed by atoms with Crippen molar-refractivity contribution < 1.29 is 14.3 Å². The number of nitrogens with one attached hydrogen (secondary N) is 2. The number of carbonyl (C=O) groups excluding carboxylic acids is 2. The zero-order chi connectivity index (χ0) is 23.8. The highest BCUT2D eigenvalue weighted by Crippen LogP contribution is 2.22. The van der Waals surface area contributed by atoms with Crippen LogP contribution in [0.1, 0.15) is 43.0 Å². The number of aromatic nitrogens is 3. The molecule has 3 rings (SSSR count). The van der Waals surface area contributed by atoms with E-state index in [1.807, 2.05) is 37.5 Å².